The van der Waals surface area contributed by atoms with Crippen molar-refractivity contribution in [3.63, 3.8) is 0 Å². The van der Waals surface area contributed by atoms with Crippen molar-refractivity contribution >= 4 is 32.7 Å². The molecule has 19 heavy (non-hydrogen) atoms. The van der Waals surface area contributed by atoms with Gasteiger partial charge in [0.25, 0.3) is 0 Å². The minimum atomic E-state index is -3.23. The zero-order valence-corrected chi connectivity index (χ0v) is 12.3. The maximum absolute atomic E-state index is 11.1. The number of nitrogens with one attached hydrogen (secondary N) is 2. The Morgan fingerprint density at radius 1 is 1.21 bits per heavy atom. The first-order valence-corrected chi connectivity index (χ1v) is 8.44. The van der Waals surface area contributed by atoms with Crippen LogP contribution in [0.5, 0.6) is 0 Å². The molecule has 102 valence electrons. The fraction of sp³-hybridized carbons (Fsp3) is 0.250. The lowest BCUT2D eigenvalue weighted by Gasteiger charge is -2.13. The van der Waals surface area contributed by atoms with Gasteiger partial charge in [0.15, 0.2) is 0 Å². The van der Waals surface area contributed by atoms with Crippen LogP contribution in [-0.2, 0) is 10.0 Å². The fourth-order valence-corrected chi connectivity index (χ4v) is 2.80. The van der Waals surface area contributed by atoms with Crippen LogP contribution >= 0.6 is 11.3 Å². The summed E-state index contributed by atoms with van der Waals surface area (Å²) in [6.45, 7) is 2.05. The summed E-state index contributed by atoms with van der Waals surface area (Å²) in [7, 11) is -3.23. The summed E-state index contributed by atoms with van der Waals surface area (Å²) in [6.07, 6.45) is 2.97. The van der Waals surface area contributed by atoms with Crippen molar-refractivity contribution in [1.29, 1.82) is 0 Å². The van der Waals surface area contributed by atoms with Crippen LogP contribution in [0, 0.1) is 0 Å². The Labute approximate surface area is 116 Å². The van der Waals surface area contributed by atoms with Crippen LogP contribution in [0.1, 0.15) is 17.8 Å². The molecule has 1 aromatic heterocycles. The van der Waals surface area contributed by atoms with Gasteiger partial charge in [0.2, 0.25) is 10.0 Å². The number of benzene rings is 1. The summed E-state index contributed by atoms with van der Waals surface area (Å²) in [5.41, 5.74) is 3.28. The Bertz CT molecular complexity index is 622. The van der Waals surface area contributed by atoms with E-state index in [4.69, 9.17) is 0 Å². The summed E-state index contributed by atoms with van der Waals surface area (Å²) < 4.78 is 24.6. The Morgan fingerprint density at radius 2 is 1.84 bits per heavy atom. The average Bonchev–Trinajstić information content (AvgIpc) is 2.83. The van der Waals surface area contributed by atoms with Gasteiger partial charge in [0, 0.05) is 22.4 Å². The number of anilines is 2. The summed E-state index contributed by atoms with van der Waals surface area (Å²) in [4.78, 5) is 5.19. The van der Waals surface area contributed by atoms with Gasteiger partial charge in [-0.25, -0.2) is 8.42 Å². The van der Waals surface area contributed by atoms with Gasteiger partial charge in [-0.15, -0.1) is 11.3 Å². The topological polar surface area (TPSA) is 71.1 Å². The number of nitrogens with zero attached hydrogens (tertiary/aromatic N) is 1. The molecule has 1 unspecified atom stereocenters. The highest BCUT2D eigenvalue weighted by molar-refractivity contribution is 7.92. The minimum Gasteiger partial charge on any atom is -0.378 e. The van der Waals surface area contributed by atoms with Crippen molar-refractivity contribution in [2.24, 2.45) is 0 Å². The van der Waals surface area contributed by atoms with Gasteiger partial charge in [0.1, 0.15) is 0 Å². The molecule has 5 nitrogen and oxygen atoms in total. The molecule has 1 heterocycles. The molecule has 2 aromatic rings. The molecule has 0 aliphatic carbocycles. The number of thiazole rings is 1. The summed E-state index contributed by atoms with van der Waals surface area (Å²) in [5.74, 6) is 0. The first kappa shape index (κ1) is 13.8. The Kier molecular flexibility index (Phi) is 4.06. The number of hydrogen-bond acceptors (Lipinski definition) is 5. The van der Waals surface area contributed by atoms with Gasteiger partial charge in [-0.3, -0.25) is 9.71 Å². The Morgan fingerprint density at radius 3 is 2.37 bits per heavy atom. The Balaban J connectivity index is 2.03. The number of sulfonamides is 1. The summed E-state index contributed by atoms with van der Waals surface area (Å²) in [6, 6.07) is 7.29. The number of rotatable bonds is 5. The highest BCUT2D eigenvalue weighted by atomic mass is 32.2. The van der Waals surface area contributed by atoms with Crippen molar-refractivity contribution < 1.29 is 8.42 Å². The van der Waals surface area contributed by atoms with Gasteiger partial charge < -0.3 is 5.32 Å². The van der Waals surface area contributed by atoms with Crippen LogP contribution in [0.25, 0.3) is 0 Å². The molecular weight excluding hydrogens is 282 g/mol. The number of hydrogen-bond donors (Lipinski definition) is 2. The van der Waals surface area contributed by atoms with E-state index in [-0.39, 0.29) is 6.04 Å². The zero-order chi connectivity index (χ0) is 13.9. The third-order valence-electron chi connectivity index (χ3n) is 2.45. The van der Waals surface area contributed by atoms with Crippen molar-refractivity contribution in [1.82, 2.24) is 4.98 Å². The second-order valence-electron chi connectivity index (χ2n) is 4.22. The molecule has 0 bridgehead atoms. The zero-order valence-electron chi connectivity index (χ0n) is 10.6. The highest BCUT2D eigenvalue weighted by Gasteiger charge is 2.07. The molecule has 0 fully saturated rings. The summed E-state index contributed by atoms with van der Waals surface area (Å²) >= 11 is 1.60. The quantitative estimate of drug-likeness (QED) is 0.890. The first-order valence-electron chi connectivity index (χ1n) is 5.67. The average molecular weight is 297 g/mol. The fourth-order valence-electron chi connectivity index (χ4n) is 1.61. The molecule has 0 aliphatic rings. The van der Waals surface area contributed by atoms with Crippen molar-refractivity contribution in [3.8, 4) is 0 Å². The van der Waals surface area contributed by atoms with E-state index < -0.39 is 10.0 Å². The van der Waals surface area contributed by atoms with Gasteiger partial charge in [-0.05, 0) is 31.2 Å². The lowest BCUT2D eigenvalue weighted by molar-refractivity contribution is 0.607. The van der Waals surface area contributed by atoms with Crippen molar-refractivity contribution in [2.45, 2.75) is 13.0 Å². The molecule has 0 radical (unpaired) electrons. The first-order chi connectivity index (χ1) is 8.94. The summed E-state index contributed by atoms with van der Waals surface area (Å²) in [5, 5.41) is 3.33. The maximum Gasteiger partial charge on any atom is 0.229 e. The van der Waals surface area contributed by atoms with E-state index in [1.807, 2.05) is 18.3 Å². The van der Waals surface area contributed by atoms with E-state index in [9.17, 15) is 8.42 Å². The number of aromatic nitrogens is 1. The van der Waals surface area contributed by atoms with Gasteiger partial charge in [-0.1, -0.05) is 0 Å². The molecule has 0 saturated heterocycles. The van der Waals surface area contributed by atoms with E-state index in [0.717, 1.165) is 16.8 Å². The van der Waals surface area contributed by atoms with Gasteiger partial charge >= 0.3 is 0 Å². The van der Waals surface area contributed by atoms with E-state index in [1.165, 1.54) is 0 Å². The van der Waals surface area contributed by atoms with E-state index >= 15 is 0 Å². The Hall–Kier alpha value is -1.60. The second kappa shape index (κ2) is 5.58. The monoisotopic (exact) mass is 297 g/mol. The van der Waals surface area contributed by atoms with Gasteiger partial charge in [-0.2, -0.15) is 0 Å². The molecule has 7 heteroatoms. The van der Waals surface area contributed by atoms with Crippen LogP contribution < -0.4 is 10.0 Å². The molecule has 1 atom stereocenters. The minimum absolute atomic E-state index is 0.168. The lowest BCUT2D eigenvalue weighted by Crippen LogP contribution is -2.09. The lowest BCUT2D eigenvalue weighted by atomic mass is 10.2. The predicted octanol–water partition coefficient (Wildman–Crippen LogP) is 2.69. The van der Waals surface area contributed by atoms with Crippen LogP contribution in [0.4, 0.5) is 11.4 Å². The van der Waals surface area contributed by atoms with Crippen LogP contribution in [0.15, 0.2) is 36.0 Å². The molecule has 0 aliphatic heterocycles. The van der Waals surface area contributed by atoms with Crippen molar-refractivity contribution in [2.75, 3.05) is 16.3 Å². The standard InChI is InChI=1S/C12H15N3O2S2/c1-9(12-7-13-8-18-12)14-10-3-5-11(6-4-10)15-19(2,16)17/h3-9,14-15H,1-2H3. The van der Waals surface area contributed by atoms with Crippen LogP contribution in [0.2, 0.25) is 0 Å². The van der Waals surface area contributed by atoms with Crippen molar-refractivity contribution in [3.05, 3.63) is 40.8 Å². The predicted molar refractivity (Wildman–Crippen MR) is 79.1 cm³/mol. The van der Waals surface area contributed by atoms with E-state index in [2.05, 4.69) is 21.9 Å². The third kappa shape index (κ3) is 4.22. The smallest absolute Gasteiger partial charge is 0.229 e. The molecule has 0 saturated carbocycles. The second-order valence-corrected chi connectivity index (χ2v) is 6.89. The normalized spacial score (nSPS) is 12.9. The van der Waals surface area contributed by atoms with Gasteiger partial charge in [0.05, 0.1) is 17.8 Å². The molecular formula is C12H15N3O2S2. The van der Waals surface area contributed by atoms with E-state index in [0.29, 0.717) is 5.69 Å². The van der Waals surface area contributed by atoms with Crippen LogP contribution in [0.3, 0.4) is 0 Å². The molecule has 2 rings (SSSR count). The molecule has 0 amide bonds. The van der Waals surface area contributed by atoms with E-state index in [1.54, 1.807) is 29.0 Å². The maximum atomic E-state index is 11.1. The SMILES string of the molecule is CC(Nc1ccc(NS(C)(=O)=O)cc1)c1cncs1. The molecule has 2 N–H and O–H groups in total. The largest absolute Gasteiger partial charge is 0.378 e. The molecule has 1 aromatic carbocycles. The van der Waals surface area contributed by atoms with Crippen LogP contribution in [-0.4, -0.2) is 19.7 Å². The highest BCUT2D eigenvalue weighted by Crippen LogP contribution is 2.23. The molecule has 0 spiro atoms. The third-order valence-corrected chi connectivity index (χ3v) is 4.01.